The van der Waals surface area contributed by atoms with Gasteiger partial charge < -0.3 is 14.2 Å². The minimum absolute atomic E-state index is 0.0206. The number of anilines is 3. The van der Waals surface area contributed by atoms with Crippen molar-refractivity contribution < 1.29 is 4.74 Å². The summed E-state index contributed by atoms with van der Waals surface area (Å²) in [5, 5.41) is 5.04. The van der Waals surface area contributed by atoms with Crippen LogP contribution >= 0.6 is 0 Å². The minimum atomic E-state index is -0.0206. The molecule has 1 aliphatic heterocycles. The van der Waals surface area contributed by atoms with Crippen LogP contribution in [0.25, 0.3) is 49.4 Å². The number of nitrogens with zero attached hydrogens (tertiary/aromatic N) is 2. The quantitative estimate of drug-likeness (QED) is 0.174. The van der Waals surface area contributed by atoms with Crippen molar-refractivity contribution in [1.82, 2.24) is 4.57 Å². The Balaban J connectivity index is 0.927. The average molecular weight is 761 g/mol. The molecular weight excluding hydrogens is 717 g/mol. The number of para-hydroxylation sites is 3. The van der Waals surface area contributed by atoms with Crippen molar-refractivity contribution in [1.29, 1.82) is 0 Å². The van der Waals surface area contributed by atoms with E-state index in [4.69, 9.17) is 4.74 Å². The second-order valence-electron chi connectivity index (χ2n) is 17.7. The van der Waals surface area contributed by atoms with Crippen LogP contribution in [-0.2, 0) is 5.41 Å². The second-order valence-corrected chi connectivity index (χ2v) is 17.7. The topological polar surface area (TPSA) is 17.4 Å². The summed E-state index contributed by atoms with van der Waals surface area (Å²) in [5.41, 5.74) is 12.3. The van der Waals surface area contributed by atoms with Gasteiger partial charge in [0.1, 0.15) is 11.5 Å². The molecule has 0 unspecified atom stereocenters. The van der Waals surface area contributed by atoms with Crippen LogP contribution in [0.4, 0.5) is 17.1 Å². The monoisotopic (exact) mass is 760 g/mol. The summed E-state index contributed by atoms with van der Waals surface area (Å²) in [4.78, 5) is 2.49. The molecule has 3 heteroatoms. The summed E-state index contributed by atoms with van der Waals surface area (Å²) in [5.74, 6) is 5.14. The van der Waals surface area contributed by atoms with E-state index >= 15 is 0 Å². The van der Waals surface area contributed by atoms with Crippen molar-refractivity contribution in [2.24, 2.45) is 23.7 Å². The Morgan fingerprint density at radius 3 is 1.73 bits per heavy atom. The fourth-order valence-electron chi connectivity index (χ4n) is 12.7. The molecule has 284 valence electrons. The first-order valence-corrected chi connectivity index (χ1v) is 21.6. The molecule has 4 bridgehead atoms. The Morgan fingerprint density at radius 2 is 1.02 bits per heavy atom. The second kappa shape index (κ2) is 12.7. The van der Waals surface area contributed by atoms with Gasteiger partial charge in [0, 0.05) is 49.8 Å². The van der Waals surface area contributed by atoms with E-state index in [-0.39, 0.29) is 5.41 Å². The molecule has 59 heavy (non-hydrogen) atoms. The average Bonchev–Trinajstić information content (AvgIpc) is 3.62. The van der Waals surface area contributed by atoms with Crippen LogP contribution in [0.15, 0.2) is 182 Å². The number of ether oxygens (including phenoxy) is 1. The first-order valence-electron chi connectivity index (χ1n) is 21.6. The summed E-state index contributed by atoms with van der Waals surface area (Å²) in [6.45, 7) is 0. The van der Waals surface area contributed by atoms with E-state index in [1.807, 2.05) is 0 Å². The molecule has 0 saturated heterocycles. The van der Waals surface area contributed by atoms with Gasteiger partial charge in [-0.25, -0.2) is 0 Å². The fraction of sp³-hybridized carbons (Fsp3) is 0.179. The molecule has 4 saturated carbocycles. The van der Waals surface area contributed by atoms with Gasteiger partial charge in [0.2, 0.25) is 0 Å². The molecular formula is C56H44N2O. The van der Waals surface area contributed by atoms with Gasteiger partial charge in [0.25, 0.3) is 0 Å². The van der Waals surface area contributed by atoms with E-state index in [2.05, 4.69) is 191 Å². The number of hydrogen-bond acceptors (Lipinski definition) is 2. The third-order valence-electron chi connectivity index (χ3n) is 14.8. The maximum atomic E-state index is 6.84. The van der Waals surface area contributed by atoms with E-state index in [0.717, 1.165) is 29.0 Å². The maximum absolute atomic E-state index is 6.84. The Kier molecular flexibility index (Phi) is 7.19. The van der Waals surface area contributed by atoms with Crippen LogP contribution in [0.3, 0.4) is 0 Å². The molecule has 9 aromatic rings. The number of benzene rings is 8. The van der Waals surface area contributed by atoms with Gasteiger partial charge in [-0.1, -0.05) is 115 Å². The van der Waals surface area contributed by atoms with Gasteiger partial charge in [-0.2, -0.15) is 0 Å². The highest BCUT2D eigenvalue weighted by Crippen LogP contribution is 2.69. The Labute approximate surface area is 345 Å². The first kappa shape index (κ1) is 33.4. The van der Waals surface area contributed by atoms with Gasteiger partial charge in [0.15, 0.2) is 0 Å². The van der Waals surface area contributed by atoms with Crippen LogP contribution in [0.2, 0.25) is 0 Å². The van der Waals surface area contributed by atoms with Gasteiger partial charge in [-0.05, 0) is 139 Å². The molecule has 8 aromatic carbocycles. The predicted molar refractivity (Wildman–Crippen MR) is 243 cm³/mol. The molecule has 0 N–H and O–H groups in total. The molecule has 2 heterocycles. The predicted octanol–water partition coefficient (Wildman–Crippen LogP) is 14.9. The third-order valence-corrected chi connectivity index (χ3v) is 14.8. The summed E-state index contributed by atoms with van der Waals surface area (Å²) < 4.78 is 9.23. The van der Waals surface area contributed by atoms with Crippen LogP contribution in [0.5, 0.6) is 11.5 Å². The van der Waals surface area contributed by atoms with E-state index < -0.39 is 0 Å². The first-order chi connectivity index (χ1) is 29.2. The SMILES string of the molecule is c1ccc2c(c1)Oc1ccc(N(c3ccc(-c4ccc(-n5c6ccccc6c6ccccc65)cc4)cc3)c3cccc4ccccc34)cc1C21C2CC3CC(C2)CC1C3. The van der Waals surface area contributed by atoms with Gasteiger partial charge >= 0.3 is 0 Å². The largest absolute Gasteiger partial charge is 0.457 e. The van der Waals surface area contributed by atoms with Gasteiger partial charge in [0.05, 0.1) is 16.7 Å². The Bertz CT molecular complexity index is 3010. The number of rotatable bonds is 5. The van der Waals surface area contributed by atoms with Crippen molar-refractivity contribution >= 4 is 49.6 Å². The number of aromatic nitrogens is 1. The maximum Gasteiger partial charge on any atom is 0.131 e. The minimum Gasteiger partial charge on any atom is -0.457 e. The molecule has 4 fully saturated rings. The lowest BCUT2D eigenvalue weighted by Crippen LogP contribution is -2.57. The van der Waals surface area contributed by atoms with E-state index in [1.54, 1.807) is 0 Å². The number of hydrogen-bond donors (Lipinski definition) is 0. The van der Waals surface area contributed by atoms with E-state index in [9.17, 15) is 0 Å². The highest BCUT2D eigenvalue weighted by Gasteiger charge is 2.61. The summed E-state index contributed by atoms with van der Waals surface area (Å²) in [7, 11) is 0. The highest BCUT2D eigenvalue weighted by atomic mass is 16.5. The Hall–Kier alpha value is -6.58. The van der Waals surface area contributed by atoms with Crippen molar-refractivity contribution in [3.8, 4) is 28.3 Å². The molecule has 0 atom stereocenters. The van der Waals surface area contributed by atoms with Crippen LogP contribution in [0.1, 0.15) is 43.2 Å². The van der Waals surface area contributed by atoms with Crippen molar-refractivity contribution in [2.45, 2.75) is 37.5 Å². The lowest BCUT2D eigenvalue weighted by atomic mass is 9.42. The van der Waals surface area contributed by atoms with E-state index in [0.29, 0.717) is 11.8 Å². The zero-order valence-electron chi connectivity index (χ0n) is 33.0. The number of fused-ring (bicyclic) bond motifs is 6. The molecule has 14 rings (SSSR count). The van der Waals surface area contributed by atoms with Crippen LogP contribution < -0.4 is 9.64 Å². The van der Waals surface area contributed by atoms with Gasteiger partial charge in [-0.3, -0.25) is 0 Å². The van der Waals surface area contributed by atoms with Gasteiger partial charge in [-0.15, -0.1) is 0 Å². The van der Waals surface area contributed by atoms with Crippen molar-refractivity contribution in [2.75, 3.05) is 4.90 Å². The molecule has 1 aromatic heterocycles. The van der Waals surface area contributed by atoms with E-state index in [1.165, 1.54) is 104 Å². The molecule has 4 aliphatic carbocycles. The Morgan fingerprint density at radius 1 is 0.458 bits per heavy atom. The molecule has 1 spiro atoms. The lowest BCUT2D eigenvalue weighted by Gasteiger charge is -2.63. The molecule has 0 radical (unpaired) electrons. The van der Waals surface area contributed by atoms with Crippen LogP contribution in [-0.4, -0.2) is 4.57 Å². The molecule has 0 amide bonds. The van der Waals surface area contributed by atoms with Crippen molar-refractivity contribution in [3.05, 3.63) is 193 Å². The standard InChI is InChI=1S/C56H44N2O/c1-2-12-46-40(10-1)11-9-18-51(46)57(45-28-29-55-50(35-45)56(49-15-5-8-19-54(49)59-55)41-31-36-30-37(33-41)34-42(56)32-36)43-24-20-38(21-25-43)39-22-26-44(27-23-39)58-52-16-6-3-13-47(52)48-14-4-7-17-53(48)58/h1-29,35-37,41-42H,30-34H2. The zero-order valence-corrected chi connectivity index (χ0v) is 33.0. The third kappa shape index (κ3) is 4.88. The smallest absolute Gasteiger partial charge is 0.131 e. The van der Waals surface area contributed by atoms with Crippen molar-refractivity contribution in [3.63, 3.8) is 0 Å². The summed E-state index contributed by atoms with van der Waals surface area (Å²) in [6, 6.07) is 67.3. The lowest BCUT2D eigenvalue weighted by molar-refractivity contribution is -0.0452. The zero-order chi connectivity index (χ0) is 38.7. The summed E-state index contributed by atoms with van der Waals surface area (Å²) in [6.07, 6.45) is 6.76. The summed E-state index contributed by atoms with van der Waals surface area (Å²) >= 11 is 0. The molecule has 5 aliphatic rings. The molecule has 3 nitrogen and oxygen atoms in total. The normalized spacial score (nSPS) is 22.4. The highest BCUT2D eigenvalue weighted by molar-refractivity contribution is 6.09. The fourth-order valence-corrected chi connectivity index (χ4v) is 12.7. The van der Waals surface area contributed by atoms with Crippen LogP contribution in [0, 0.1) is 23.7 Å².